The van der Waals surface area contributed by atoms with Crippen LogP contribution in [0.4, 0.5) is 0 Å². The summed E-state index contributed by atoms with van der Waals surface area (Å²) in [5.74, 6) is 0.0574. The molecule has 2 aliphatic rings. The molecule has 0 atom stereocenters. The molecule has 3 rings (SSSR count). The Hall–Kier alpha value is -2.04. The Kier molecular flexibility index (Phi) is 19.4. The highest BCUT2D eigenvalue weighted by Gasteiger charge is 2.22. The second kappa shape index (κ2) is 23.3. The smallest absolute Gasteiger partial charge is 0.305 e. The molecule has 2 heterocycles. The second-order valence-corrected chi connectivity index (χ2v) is 12.6. The number of unbranched alkanes of at least 4 members (excludes halogenated alkanes) is 12. The van der Waals surface area contributed by atoms with Gasteiger partial charge >= 0.3 is 5.97 Å². The number of benzene rings is 1. The molecule has 256 valence electrons. The van der Waals surface area contributed by atoms with Crippen LogP contribution in [0.5, 0.6) is 0 Å². The van der Waals surface area contributed by atoms with Crippen LogP contribution < -0.4 is 11.1 Å². The van der Waals surface area contributed by atoms with E-state index < -0.39 is 0 Å². The zero-order chi connectivity index (χ0) is 32.0. The second-order valence-electron chi connectivity index (χ2n) is 12.6. The van der Waals surface area contributed by atoms with Crippen molar-refractivity contribution in [2.75, 3.05) is 20.2 Å². The maximum Gasteiger partial charge on any atom is 0.305 e. The van der Waals surface area contributed by atoms with E-state index in [9.17, 15) is 9.59 Å². The van der Waals surface area contributed by atoms with Crippen LogP contribution in [0.15, 0.2) is 12.1 Å². The van der Waals surface area contributed by atoms with Gasteiger partial charge in [-0.1, -0.05) is 69.9 Å². The van der Waals surface area contributed by atoms with Gasteiger partial charge in [-0.05, 0) is 80.2 Å². The Bertz CT molecular complexity index is 934. The van der Waals surface area contributed by atoms with Crippen LogP contribution in [-0.4, -0.2) is 44.7 Å². The van der Waals surface area contributed by atoms with Gasteiger partial charge in [-0.15, -0.1) is 0 Å². The highest BCUT2D eigenvalue weighted by molar-refractivity contribution is 5.75. The molecule has 0 aromatic heterocycles. The summed E-state index contributed by atoms with van der Waals surface area (Å²) in [7, 11) is 1.44. The van der Waals surface area contributed by atoms with Gasteiger partial charge < -0.3 is 34.7 Å². The normalized spacial score (nSPS) is 15.6. The van der Waals surface area contributed by atoms with Crippen LogP contribution in [0, 0.1) is 0 Å². The monoisotopic (exact) mass is 632 g/mol. The van der Waals surface area contributed by atoms with Crippen LogP contribution >= 0.6 is 0 Å². The van der Waals surface area contributed by atoms with Gasteiger partial charge in [0.05, 0.1) is 33.5 Å². The Morgan fingerprint density at radius 3 is 1.56 bits per heavy atom. The van der Waals surface area contributed by atoms with Crippen LogP contribution in [0.3, 0.4) is 0 Å². The first kappa shape index (κ1) is 37.4. The fraction of sp³-hybridized carbons (Fsp3) is 0.778. The lowest BCUT2D eigenvalue weighted by atomic mass is 9.99. The maximum atomic E-state index is 12.0. The molecule has 0 fully saturated rings. The summed E-state index contributed by atoms with van der Waals surface area (Å²) in [6.07, 6.45) is 18.8. The molecule has 0 radical (unpaired) electrons. The number of methoxy groups -OCH3 is 1. The van der Waals surface area contributed by atoms with Crippen molar-refractivity contribution in [2.45, 2.75) is 161 Å². The summed E-state index contributed by atoms with van der Waals surface area (Å²) in [4.78, 5) is 23.2. The van der Waals surface area contributed by atoms with Gasteiger partial charge in [0.1, 0.15) is 0 Å². The molecule has 9 heteroatoms. The third-order valence-corrected chi connectivity index (χ3v) is 8.82. The maximum absolute atomic E-state index is 12.0. The number of nitrogens with two attached hydrogens (primary N) is 1. The summed E-state index contributed by atoms with van der Waals surface area (Å²) >= 11 is 0. The first-order chi connectivity index (χ1) is 22.1. The van der Waals surface area contributed by atoms with Crippen LogP contribution in [0.25, 0.3) is 0 Å². The number of fused-ring (bicyclic) bond motifs is 2. The van der Waals surface area contributed by atoms with Gasteiger partial charge in [-0.2, -0.15) is 0 Å². The zero-order valence-electron chi connectivity index (χ0n) is 27.9. The molecule has 1 aromatic rings. The summed E-state index contributed by atoms with van der Waals surface area (Å²) in [5.41, 5.74) is 10.2. The summed E-state index contributed by atoms with van der Waals surface area (Å²) in [6, 6.07) is 4.42. The molecule has 0 saturated carbocycles. The molecule has 0 aliphatic carbocycles. The van der Waals surface area contributed by atoms with E-state index in [2.05, 4.69) is 17.4 Å². The van der Waals surface area contributed by atoms with E-state index in [0.717, 1.165) is 109 Å². The van der Waals surface area contributed by atoms with Crippen molar-refractivity contribution in [3.8, 4) is 0 Å². The first-order valence-electron chi connectivity index (χ1n) is 17.7. The van der Waals surface area contributed by atoms with Crippen molar-refractivity contribution in [3.05, 3.63) is 34.4 Å². The first-order valence-corrected chi connectivity index (χ1v) is 17.7. The molecule has 0 spiro atoms. The van der Waals surface area contributed by atoms with Crippen LogP contribution in [0.2, 0.25) is 0 Å². The Labute approximate surface area is 271 Å². The van der Waals surface area contributed by atoms with E-state index in [1.165, 1.54) is 42.2 Å². The number of carbonyl (C=O) groups excluding carboxylic acids is 2. The van der Waals surface area contributed by atoms with Crippen molar-refractivity contribution < 1.29 is 33.3 Å². The van der Waals surface area contributed by atoms with E-state index in [1.54, 1.807) is 0 Å². The van der Waals surface area contributed by atoms with Crippen molar-refractivity contribution in [1.29, 1.82) is 0 Å². The van der Waals surface area contributed by atoms with Crippen molar-refractivity contribution >= 4 is 11.9 Å². The molecule has 1 aromatic carbocycles. The van der Waals surface area contributed by atoms with Gasteiger partial charge in [0.15, 0.2) is 12.6 Å². The van der Waals surface area contributed by atoms with E-state index in [0.29, 0.717) is 39.3 Å². The molecular weight excluding hydrogens is 572 g/mol. The van der Waals surface area contributed by atoms with Gasteiger partial charge in [0.25, 0.3) is 0 Å². The zero-order valence-corrected chi connectivity index (χ0v) is 27.9. The Morgan fingerprint density at radius 1 is 0.644 bits per heavy atom. The fourth-order valence-electron chi connectivity index (χ4n) is 5.94. The number of carbonyl (C=O) groups is 2. The Balaban J connectivity index is 1.22. The van der Waals surface area contributed by atoms with Gasteiger partial charge in [0, 0.05) is 19.4 Å². The number of rotatable bonds is 23. The standard InChI is InChI=1S/C36H60N2O7/c1-41-34(40)18-12-6-3-8-14-20-36-44-27-31-23-29-25-42-35(43-26-30(29)24-32(31)28-45-36)19-13-7-2-5-11-17-33(39)38-22-16-10-4-9-15-21-37/h23-24,35-36H,2-22,25-28,37H2,1H3,(H,38,39). The molecule has 9 nitrogen and oxygen atoms in total. The summed E-state index contributed by atoms with van der Waals surface area (Å²) < 4.78 is 29.2. The van der Waals surface area contributed by atoms with Crippen molar-refractivity contribution in [2.24, 2.45) is 5.73 Å². The minimum atomic E-state index is -0.187. The molecule has 0 bridgehead atoms. The van der Waals surface area contributed by atoms with E-state index >= 15 is 0 Å². The van der Waals surface area contributed by atoms with Gasteiger partial charge in [-0.3, -0.25) is 9.59 Å². The number of amides is 1. The molecular formula is C36H60N2O7. The SMILES string of the molecule is COC(=O)CCCCCCCC1OCc2cc3c(cc2CO1)COC(CCCCCCCC(=O)NCCCCCCCN)OC3. The average molecular weight is 633 g/mol. The summed E-state index contributed by atoms with van der Waals surface area (Å²) in [5, 5.41) is 3.05. The molecule has 45 heavy (non-hydrogen) atoms. The number of hydrogen-bond acceptors (Lipinski definition) is 8. The van der Waals surface area contributed by atoms with Crippen LogP contribution in [0.1, 0.15) is 144 Å². The lowest BCUT2D eigenvalue weighted by molar-refractivity contribution is -0.153. The van der Waals surface area contributed by atoms with E-state index in [1.807, 2.05) is 0 Å². The number of esters is 1. The number of hydrogen-bond donors (Lipinski definition) is 2. The summed E-state index contributed by atoms with van der Waals surface area (Å²) in [6.45, 7) is 3.77. The number of nitrogens with one attached hydrogen (secondary N) is 1. The number of ether oxygens (including phenoxy) is 5. The predicted octanol–water partition coefficient (Wildman–Crippen LogP) is 7.09. The fourth-order valence-corrected chi connectivity index (χ4v) is 5.94. The van der Waals surface area contributed by atoms with Gasteiger partial charge in [-0.25, -0.2) is 0 Å². The minimum Gasteiger partial charge on any atom is -0.469 e. The molecule has 3 N–H and O–H groups in total. The highest BCUT2D eigenvalue weighted by Crippen LogP contribution is 2.28. The lowest BCUT2D eigenvalue weighted by Crippen LogP contribution is -2.23. The van der Waals surface area contributed by atoms with E-state index in [-0.39, 0.29) is 24.5 Å². The average Bonchev–Trinajstić information content (AvgIpc) is 3.37. The van der Waals surface area contributed by atoms with Crippen molar-refractivity contribution in [3.63, 3.8) is 0 Å². The largest absolute Gasteiger partial charge is 0.469 e. The quantitative estimate of drug-likeness (QED) is 0.0970. The lowest BCUT2D eigenvalue weighted by Gasteiger charge is -2.15. The molecule has 1 amide bonds. The van der Waals surface area contributed by atoms with E-state index in [4.69, 9.17) is 29.4 Å². The van der Waals surface area contributed by atoms with Crippen molar-refractivity contribution in [1.82, 2.24) is 5.32 Å². The minimum absolute atomic E-state index is 0.127. The molecule has 2 aliphatic heterocycles. The topological polar surface area (TPSA) is 118 Å². The predicted molar refractivity (Wildman–Crippen MR) is 175 cm³/mol. The molecule has 0 unspecified atom stereocenters. The third-order valence-electron chi connectivity index (χ3n) is 8.82. The molecule has 0 saturated heterocycles. The van der Waals surface area contributed by atoms with Crippen LogP contribution in [-0.2, 0) is 59.7 Å². The van der Waals surface area contributed by atoms with Gasteiger partial charge in [0.2, 0.25) is 5.91 Å². The highest BCUT2D eigenvalue weighted by atomic mass is 16.7. The third kappa shape index (κ3) is 15.9. The Morgan fingerprint density at radius 2 is 1.07 bits per heavy atom.